The van der Waals surface area contributed by atoms with E-state index < -0.39 is 5.72 Å². The van der Waals surface area contributed by atoms with Crippen LogP contribution in [-0.2, 0) is 5.72 Å². The van der Waals surface area contributed by atoms with E-state index in [1.165, 1.54) is 5.84 Å². The molecule has 27 heavy (non-hydrogen) atoms. The third kappa shape index (κ3) is 3.01. The lowest BCUT2D eigenvalue weighted by atomic mass is 10.0. The summed E-state index contributed by atoms with van der Waals surface area (Å²) in [5, 5.41) is 11.8. The molecule has 0 bridgehead atoms. The van der Waals surface area contributed by atoms with Crippen LogP contribution < -0.4 is 31.4 Å². The summed E-state index contributed by atoms with van der Waals surface area (Å²) in [6.45, 7) is 2.50. The first-order valence-electron chi connectivity index (χ1n) is 9.34. The number of aliphatic hydroxyl groups is 1. The van der Waals surface area contributed by atoms with Crippen LogP contribution in [0.1, 0.15) is 24.8 Å². The number of hydrogen-bond acceptors (Lipinski definition) is 4. The van der Waals surface area contributed by atoms with E-state index in [0.717, 1.165) is 48.6 Å². The van der Waals surface area contributed by atoms with Gasteiger partial charge in [-0.3, -0.25) is 0 Å². The molecule has 142 valence electrons. The van der Waals surface area contributed by atoms with Gasteiger partial charge < -0.3 is 31.6 Å². The number of halogens is 1. The molecular formula is C21H23BrN2O3. The van der Waals surface area contributed by atoms with Crippen molar-refractivity contribution in [3.63, 3.8) is 0 Å². The highest BCUT2D eigenvalue weighted by Gasteiger charge is 2.52. The predicted molar refractivity (Wildman–Crippen MR) is 99.1 cm³/mol. The second-order valence-corrected chi connectivity index (χ2v) is 7.12. The molecule has 1 unspecified atom stereocenters. The molecule has 0 amide bonds. The van der Waals surface area contributed by atoms with Gasteiger partial charge in [-0.05, 0) is 43.2 Å². The lowest BCUT2D eigenvalue weighted by Gasteiger charge is -2.26. The summed E-state index contributed by atoms with van der Waals surface area (Å²) in [6.07, 6.45) is 3.24. The molecule has 5 rings (SSSR count). The van der Waals surface area contributed by atoms with E-state index in [1.54, 1.807) is 0 Å². The summed E-state index contributed by atoms with van der Waals surface area (Å²) in [4.78, 5) is 2.26. The SMILES string of the molecule is OC1(c2ccc3c(c2)OCCO3)CN(c2ccccc2)C2=[N+]1CCCC2.[Br-]. The first kappa shape index (κ1) is 18.3. The Labute approximate surface area is 169 Å². The molecule has 0 radical (unpaired) electrons. The normalized spacial score (nSPS) is 23.7. The molecule has 0 saturated carbocycles. The fraction of sp³-hybridized carbons (Fsp3) is 0.381. The number of nitrogens with zero attached hydrogens (tertiary/aromatic N) is 2. The van der Waals surface area contributed by atoms with Crippen molar-refractivity contribution in [3.05, 3.63) is 54.1 Å². The first-order valence-corrected chi connectivity index (χ1v) is 9.34. The fourth-order valence-corrected chi connectivity index (χ4v) is 4.28. The summed E-state index contributed by atoms with van der Waals surface area (Å²) >= 11 is 0. The van der Waals surface area contributed by atoms with Crippen LogP contribution in [0.5, 0.6) is 11.5 Å². The van der Waals surface area contributed by atoms with Crippen LogP contribution in [0, 0.1) is 0 Å². The summed E-state index contributed by atoms with van der Waals surface area (Å²) in [6, 6.07) is 16.1. The van der Waals surface area contributed by atoms with Crippen LogP contribution in [0.3, 0.4) is 0 Å². The molecule has 3 heterocycles. The minimum Gasteiger partial charge on any atom is -1.00 e. The van der Waals surface area contributed by atoms with Crippen molar-refractivity contribution in [2.45, 2.75) is 25.0 Å². The Bertz CT molecular complexity index is 871. The Morgan fingerprint density at radius 3 is 2.56 bits per heavy atom. The zero-order valence-corrected chi connectivity index (χ0v) is 16.7. The van der Waals surface area contributed by atoms with Gasteiger partial charge in [0, 0.05) is 12.0 Å². The number of fused-ring (bicyclic) bond motifs is 1. The minimum absolute atomic E-state index is 0. The van der Waals surface area contributed by atoms with Crippen molar-refractivity contribution in [2.24, 2.45) is 0 Å². The first-order chi connectivity index (χ1) is 12.8. The van der Waals surface area contributed by atoms with Crippen molar-refractivity contribution in [1.82, 2.24) is 0 Å². The zero-order chi connectivity index (χ0) is 17.6. The van der Waals surface area contributed by atoms with E-state index in [2.05, 4.69) is 21.6 Å². The number of para-hydroxylation sites is 1. The maximum atomic E-state index is 11.8. The van der Waals surface area contributed by atoms with Crippen LogP contribution in [-0.4, -0.2) is 41.8 Å². The molecule has 6 heteroatoms. The van der Waals surface area contributed by atoms with Gasteiger partial charge in [0.2, 0.25) is 0 Å². The van der Waals surface area contributed by atoms with Crippen LogP contribution in [0.25, 0.3) is 0 Å². The quantitative estimate of drug-likeness (QED) is 0.665. The highest BCUT2D eigenvalue weighted by atomic mass is 79.9. The van der Waals surface area contributed by atoms with Crippen LogP contribution >= 0.6 is 0 Å². The third-order valence-corrected chi connectivity index (χ3v) is 5.55. The average molecular weight is 431 g/mol. The molecule has 1 N–H and O–H groups in total. The molecule has 0 aromatic heterocycles. The van der Waals surface area contributed by atoms with Crippen molar-refractivity contribution < 1.29 is 36.1 Å². The van der Waals surface area contributed by atoms with E-state index in [-0.39, 0.29) is 17.0 Å². The van der Waals surface area contributed by atoms with Crippen LogP contribution in [0.2, 0.25) is 0 Å². The van der Waals surface area contributed by atoms with Gasteiger partial charge in [-0.25, -0.2) is 9.48 Å². The Balaban J connectivity index is 0.00000180. The Morgan fingerprint density at radius 1 is 0.963 bits per heavy atom. The second kappa shape index (κ2) is 7.17. The summed E-state index contributed by atoms with van der Waals surface area (Å²) < 4.78 is 13.6. The van der Waals surface area contributed by atoms with Crippen LogP contribution in [0.4, 0.5) is 5.69 Å². The number of rotatable bonds is 2. The van der Waals surface area contributed by atoms with Crippen molar-refractivity contribution in [3.8, 4) is 11.5 Å². The standard InChI is InChI=1S/C21H23N2O3.BrH/c24-21(16-9-10-18-19(14-16)26-13-12-25-18)15-22(17-6-2-1-3-7-17)20-8-4-5-11-23(20)21;/h1-3,6-7,9-10,14,24H,4-5,8,11-13,15H2;1H/q+1;/p-1. The zero-order valence-electron chi connectivity index (χ0n) is 15.1. The van der Waals surface area contributed by atoms with E-state index in [9.17, 15) is 5.11 Å². The van der Waals surface area contributed by atoms with Gasteiger partial charge in [-0.2, -0.15) is 0 Å². The molecule has 0 saturated heterocycles. The molecule has 0 fully saturated rings. The van der Waals surface area contributed by atoms with E-state index >= 15 is 0 Å². The van der Waals surface area contributed by atoms with Crippen molar-refractivity contribution in [1.29, 1.82) is 0 Å². The predicted octanol–water partition coefficient (Wildman–Crippen LogP) is -0.278. The Kier molecular flexibility index (Phi) is 4.86. The molecule has 0 spiro atoms. The number of hydrogen-bond donors (Lipinski definition) is 1. The topological polar surface area (TPSA) is 44.9 Å². The Hall–Kier alpha value is -2.05. The van der Waals surface area contributed by atoms with E-state index in [4.69, 9.17) is 9.47 Å². The molecule has 1 atom stereocenters. The number of ether oxygens (including phenoxy) is 2. The van der Waals surface area contributed by atoms with Gasteiger partial charge in [-0.1, -0.05) is 18.2 Å². The lowest BCUT2D eigenvalue weighted by molar-refractivity contribution is -0.661. The smallest absolute Gasteiger partial charge is 0.271 e. The van der Waals surface area contributed by atoms with Gasteiger partial charge >= 0.3 is 0 Å². The van der Waals surface area contributed by atoms with Gasteiger partial charge in [0.15, 0.2) is 18.0 Å². The minimum atomic E-state index is -1.05. The monoisotopic (exact) mass is 430 g/mol. The maximum absolute atomic E-state index is 11.8. The summed E-state index contributed by atoms with van der Waals surface area (Å²) in [5.41, 5.74) is 0.934. The van der Waals surface area contributed by atoms with Gasteiger partial charge in [0.05, 0.1) is 6.54 Å². The number of β-amino-alcohol motifs (C(OH)–C–C–N with tert-alkyl or cyclic N) is 1. The summed E-state index contributed by atoms with van der Waals surface area (Å²) in [7, 11) is 0. The third-order valence-electron chi connectivity index (χ3n) is 5.55. The van der Waals surface area contributed by atoms with Gasteiger partial charge in [0.25, 0.3) is 11.6 Å². The summed E-state index contributed by atoms with van der Waals surface area (Å²) in [5.74, 6) is 2.68. The highest BCUT2D eigenvalue weighted by Crippen LogP contribution is 2.39. The molecule has 3 aliphatic rings. The van der Waals surface area contributed by atoms with Gasteiger partial charge in [-0.15, -0.1) is 0 Å². The molecule has 2 aromatic rings. The van der Waals surface area contributed by atoms with Gasteiger partial charge in [0.1, 0.15) is 18.9 Å². The molecule has 2 aromatic carbocycles. The number of anilines is 1. The van der Waals surface area contributed by atoms with E-state index in [0.29, 0.717) is 19.8 Å². The van der Waals surface area contributed by atoms with Crippen molar-refractivity contribution in [2.75, 3.05) is 31.2 Å². The highest BCUT2D eigenvalue weighted by molar-refractivity contribution is 5.96. The largest absolute Gasteiger partial charge is 1.00 e. The molecule has 0 aliphatic carbocycles. The second-order valence-electron chi connectivity index (χ2n) is 7.12. The molecule has 3 aliphatic heterocycles. The lowest BCUT2D eigenvalue weighted by Crippen LogP contribution is -3.00. The van der Waals surface area contributed by atoms with Crippen LogP contribution in [0.15, 0.2) is 48.5 Å². The maximum Gasteiger partial charge on any atom is 0.271 e. The fourth-order valence-electron chi connectivity index (χ4n) is 4.28. The Morgan fingerprint density at radius 2 is 1.74 bits per heavy atom. The molecular weight excluding hydrogens is 408 g/mol. The average Bonchev–Trinajstić information content (AvgIpc) is 3.03. The van der Waals surface area contributed by atoms with Crippen molar-refractivity contribution >= 4 is 11.5 Å². The molecule has 5 nitrogen and oxygen atoms in total. The number of amidine groups is 1. The van der Waals surface area contributed by atoms with E-state index in [1.807, 2.05) is 36.4 Å². The number of benzene rings is 2.